The SMILES string of the molecule is CN1CN(C)C12N(C)CN2C. The van der Waals surface area contributed by atoms with Gasteiger partial charge in [-0.2, -0.15) is 0 Å². The van der Waals surface area contributed by atoms with Gasteiger partial charge in [-0.25, -0.2) is 19.6 Å². The smallest absolute Gasteiger partial charge is 0.194 e. The summed E-state index contributed by atoms with van der Waals surface area (Å²) in [6, 6.07) is 0. The number of hydrogen-bond donors (Lipinski definition) is 0. The van der Waals surface area contributed by atoms with Crippen LogP contribution in [0.15, 0.2) is 0 Å². The van der Waals surface area contributed by atoms with Crippen molar-refractivity contribution in [2.45, 2.75) is 5.91 Å². The van der Waals surface area contributed by atoms with Crippen LogP contribution in [0.4, 0.5) is 0 Å². The van der Waals surface area contributed by atoms with Gasteiger partial charge in [-0.15, -0.1) is 0 Å². The number of rotatable bonds is 0. The van der Waals surface area contributed by atoms with E-state index in [1.165, 1.54) is 0 Å². The Morgan fingerprint density at radius 3 is 1.09 bits per heavy atom. The maximum Gasteiger partial charge on any atom is 0.194 e. The average molecular weight is 156 g/mol. The molecule has 4 nitrogen and oxygen atoms in total. The van der Waals surface area contributed by atoms with Gasteiger partial charge in [0.15, 0.2) is 5.91 Å². The molecule has 2 saturated heterocycles. The van der Waals surface area contributed by atoms with Gasteiger partial charge in [0, 0.05) is 0 Å². The van der Waals surface area contributed by atoms with Crippen LogP contribution in [0.25, 0.3) is 0 Å². The molecular weight excluding hydrogens is 140 g/mol. The van der Waals surface area contributed by atoms with Crippen LogP contribution in [0.5, 0.6) is 0 Å². The van der Waals surface area contributed by atoms with Gasteiger partial charge < -0.3 is 0 Å². The highest BCUT2D eigenvalue weighted by Gasteiger charge is 2.60. The van der Waals surface area contributed by atoms with E-state index in [9.17, 15) is 0 Å². The van der Waals surface area contributed by atoms with E-state index in [1.807, 2.05) is 0 Å². The molecule has 0 aromatic carbocycles. The molecule has 0 bridgehead atoms. The van der Waals surface area contributed by atoms with Crippen molar-refractivity contribution in [3.8, 4) is 0 Å². The fourth-order valence-corrected chi connectivity index (χ4v) is 2.61. The van der Waals surface area contributed by atoms with Crippen LogP contribution < -0.4 is 0 Å². The highest BCUT2D eigenvalue weighted by atomic mass is 15.8. The Morgan fingerprint density at radius 1 is 0.727 bits per heavy atom. The molecule has 0 saturated carbocycles. The maximum atomic E-state index is 2.34. The second-order valence-corrected chi connectivity index (χ2v) is 3.67. The molecule has 0 aromatic rings. The summed E-state index contributed by atoms with van der Waals surface area (Å²) in [4.78, 5) is 9.38. The van der Waals surface area contributed by atoms with Gasteiger partial charge >= 0.3 is 0 Å². The van der Waals surface area contributed by atoms with E-state index < -0.39 is 0 Å². The number of nitrogens with zero attached hydrogens (tertiary/aromatic N) is 4. The van der Waals surface area contributed by atoms with Crippen molar-refractivity contribution in [3.05, 3.63) is 0 Å². The molecule has 11 heavy (non-hydrogen) atoms. The first kappa shape index (κ1) is 7.49. The van der Waals surface area contributed by atoms with Crippen molar-refractivity contribution in [2.75, 3.05) is 41.5 Å². The lowest BCUT2D eigenvalue weighted by molar-refractivity contribution is -0.393. The molecule has 0 radical (unpaired) electrons. The molecule has 0 aliphatic carbocycles. The Kier molecular flexibility index (Phi) is 1.33. The van der Waals surface area contributed by atoms with E-state index in [-0.39, 0.29) is 5.91 Å². The molecule has 2 rings (SSSR count). The van der Waals surface area contributed by atoms with Crippen molar-refractivity contribution >= 4 is 0 Å². The van der Waals surface area contributed by atoms with E-state index in [4.69, 9.17) is 0 Å². The quantitative estimate of drug-likeness (QED) is 0.458. The lowest BCUT2D eigenvalue weighted by atomic mass is 10.2. The van der Waals surface area contributed by atoms with Crippen molar-refractivity contribution in [3.63, 3.8) is 0 Å². The zero-order valence-corrected chi connectivity index (χ0v) is 7.70. The minimum atomic E-state index is 0.111. The summed E-state index contributed by atoms with van der Waals surface area (Å²) in [5.41, 5.74) is 0. The second-order valence-electron chi connectivity index (χ2n) is 3.67. The lowest BCUT2D eigenvalue weighted by Gasteiger charge is -2.71. The third kappa shape index (κ3) is 0.597. The van der Waals surface area contributed by atoms with Crippen molar-refractivity contribution in [2.24, 2.45) is 0 Å². The highest BCUT2D eigenvalue weighted by Crippen LogP contribution is 2.39. The molecule has 2 heterocycles. The zero-order valence-electron chi connectivity index (χ0n) is 7.70. The normalized spacial score (nSPS) is 33.8. The Hall–Kier alpha value is -0.160. The molecule has 64 valence electrons. The molecule has 2 aliphatic rings. The molecule has 0 unspecified atom stereocenters. The van der Waals surface area contributed by atoms with Crippen LogP contribution in [-0.4, -0.2) is 67.0 Å². The Labute approximate surface area is 68.0 Å². The fraction of sp³-hybridized carbons (Fsp3) is 1.00. The summed E-state index contributed by atoms with van der Waals surface area (Å²) in [7, 11) is 8.64. The topological polar surface area (TPSA) is 13.0 Å². The molecule has 0 aromatic heterocycles. The first-order valence-corrected chi connectivity index (χ1v) is 3.95. The van der Waals surface area contributed by atoms with E-state index >= 15 is 0 Å². The van der Waals surface area contributed by atoms with Gasteiger partial charge in [0.05, 0.1) is 13.3 Å². The summed E-state index contributed by atoms with van der Waals surface area (Å²) >= 11 is 0. The average Bonchev–Trinajstić information content (AvgIpc) is 1.86. The summed E-state index contributed by atoms with van der Waals surface area (Å²) in [6.45, 7) is 2.13. The minimum Gasteiger partial charge on any atom is -0.249 e. The predicted molar refractivity (Wildman–Crippen MR) is 43.5 cm³/mol. The van der Waals surface area contributed by atoms with Crippen molar-refractivity contribution in [1.82, 2.24) is 19.6 Å². The molecule has 0 amide bonds. The first-order chi connectivity index (χ1) is 5.10. The predicted octanol–water partition coefficient (Wildman–Crippen LogP) is -0.733. The van der Waals surface area contributed by atoms with Gasteiger partial charge in [-0.1, -0.05) is 0 Å². The van der Waals surface area contributed by atoms with Crippen LogP contribution in [0.2, 0.25) is 0 Å². The molecule has 2 fully saturated rings. The van der Waals surface area contributed by atoms with Gasteiger partial charge in [-0.3, -0.25) is 0 Å². The highest BCUT2D eigenvalue weighted by molar-refractivity contribution is 4.98. The largest absolute Gasteiger partial charge is 0.249 e. The molecule has 4 heteroatoms. The molecule has 0 N–H and O–H groups in total. The second kappa shape index (κ2) is 1.95. The first-order valence-electron chi connectivity index (χ1n) is 3.95. The Balaban J connectivity index is 2.20. The third-order valence-corrected chi connectivity index (χ3v) is 2.90. The maximum absolute atomic E-state index is 2.34. The third-order valence-electron chi connectivity index (χ3n) is 2.90. The summed E-state index contributed by atoms with van der Waals surface area (Å²) in [5, 5.41) is 0. The van der Waals surface area contributed by atoms with Crippen molar-refractivity contribution in [1.29, 1.82) is 0 Å². The zero-order chi connectivity index (χ0) is 8.22. The summed E-state index contributed by atoms with van der Waals surface area (Å²) < 4.78 is 0. The van der Waals surface area contributed by atoms with Gasteiger partial charge in [0.2, 0.25) is 0 Å². The summed E-state index contributed by atoms with van der Waals surface area (Å²) in [5.74, 6) is 0.111. The molecule has 2 aliphatic heterocycles. The minimum absolute atomic E-state index is 0.111. The van der Waals surface area contributed by atoms with E-state index in [0.29, 0.717) is 0 Å². The lowest BCUT2D eigenvalue weighted by Crippen LogP contribution is -2.91. The fourth-order valence-electron chi connectivity index (χ4n) is 2.61. The van der Waals surface area contributed by atoms with Crippen LogP contribution in [0, 0.1) is 0 Å². The van der Waals surface area contributed by atoms with E-state index in [0.717, 1.165) is 13.3 Å². The van der Waals surface area contributed by atoms with Gasteiger partial charge in [-0.05, 0) is 28.2 Å². The Bertz CT molecular complexity index is 142. The molecule has 1 spiro atoms. The van der Waals surface area contributed by atoms with Gasteiger partial charge in [0.1, 0.15) is 0 Å². The number of hydrogen-bond acceptors (Lipinski definition) is 4. The monoisotopic (exact) mass is 156 g/mol. The molecule has 0 atom stereocenters. The van der Waals surface area contributed by atoms with Crippen LogP contribution in [0.3, 0.4) is 0 Å². The standard InChI is InChI=1S/C7H16N4/c1-8-5-9(2)7(8)10(3)6-11(7)4/h5-6H2,1-4H3. The van der Waals surface area contributed by atoms with Crippen LogP contribution >= 0.6 is 0 Å². The van der Waals surface area contributed by atoms with Gasteiger partial charge in [0.25, 0.3) is 0 Å². The summed E-state index contributed by atoms with van der Waals surface area (Å²) in [6.07, 6.45) is 0. The van der Waals surface area contributed by atoms with Crippen LogP contribution in [0.1, 0.15) is 0 Å². The van der Waals surface area contributed by atoms with Crippen molar-refractivity contribution < 1.29 is 0 Å². The van der Waals surface area contributed by atoms with E-state index in [1.54, 1.807) is 0 Å². The molecular formula is C7H16N4. The van der Waals surface area contributed by atoms with Crippen LogP contribution in [-0.2, 0) is 0 Å². The van der Waals surface area contributed by atoms with E-state index in [2.05, 4.69) is 47.8 Å². The Morgan fingerprint density at radius 2 is 1.00 bits per heavy atom.